The van der Waals surface area contributed by atoms with Crippen molar-refractivity contribution in [3.8, 4) is 0 Å². The SMILES string of the molecule is O=C(O)[C@@H]1C[C@H]2C[C@H](NC(=O)[C@@H]3C[C@H]3c3cnc[nH]3)[C@H]2C1. The highest BCUT2D eigenvalue weighted by atomic mass is 16.4. The summed E-state index contributed by atoms with van der Waals surface area (Å²) < 4.78 is 0. The van der Waals surface area contributed by atoms with Crippen molar-refractivity contribution in [3.05, 3.63) is 18.2 Å². The molecule has 1 aromatic rings. The fourth-order valence-electron chi connectivity index (χ4n) is 4.18. The van der Waals surface area contributed by atoms with Gasteiger partial charge in [0.05, 0.1) is 12.2 Å². The van der Waals surface area contributed by atoms with Gasteiger partial charge in [-0.05, 0) is 37.5 Å². The second kappa shape index (κ2) is 4.58. The van der Waals surface area contributed by atoms with Crippen molar-refractivity contribution in [1.82, 2.24) is 15.3 Å². The average Bonchev–Trinajstić information content (AvgIpc) is 2.91. The Morgan fingerprint density at radius 2 is 2.14 bits per heavy atom. The number of H-pyrrole nitrogens is 1. The number of carbonyl (C=O) groups excluding carboxylic acids is 1. The molecule has 3 aliphatic rings. The second-order valence-corrected chi connectivity index (χ2v) is 6.74. The van der Waals surface area contributed by atoms with E-state index in [1.54, 1.807) is 12.5 Å². The van der Waals surface area contributed by atoms with Gasteiger partial charge in [-0.2, -0.15) is 0 Å². The maximum Gasteiger partial charge on any atom is 0.306 e. The molecule has 0 unspecified atom stereocenters. The number of aromatic amines is 1. The van der Waals surface area contributed by atoms with Gasteiger partial charge in [0.2, 0.25) is 5.91 Å². The average molecular weight is 289 g/mol. The third-order valence-corrected chi connectivity index (χ3v) is 5.55. The summed E-state index contributed by atoms with van der Waals surface area (Å²) in [4.78, 5) is 30.4. The molecule has 6 heteroatoms. The molecule has 0 aliphatic heterocycles. The number of nitrogens with zero attached hydrogens (tertiary/aromatic N) is 1. The minimum atomic E-state index is -0.684. The molecule has 1 aromatic heterocycles. The van der Waals surface area contributed by atoms with Crippen molar-refractivity contribution in [2.75, 3.05) is 0 Å². The molecule has 0 spiro atoms. The number of carboxylic acids is 1. The van der Waals surface area contributed by atoms with Gasteiger partial charge in [0.1, 0.15) is 0 Å². The summed E-state index contributed by atoms with van der Waals surface area (Å²) in [5.41, 5.74) is 1.04. The van der Waals surface area contributed by atoms with Crippen LogP contribution in [-0.4, -0.2) is 33.0 Å². The summed E-state index contributed by atoms with van der Waals surface area (Å²) in [6.45, 7) is 0. The van der Waals surface area contributed by atoms with Crippen LogP contribution in [0.25, 0.3) is 0 Å². The van der Waals surface area contributed by atoms with Crippen LogP contribution in [0.15, 0.2) is 12.5 Å². The molecular formula is C15H19N3O3. The number of carbonyl (C=O) groups is 2. The minimum absolute atomic E-state index is 0.0566. The van der Waals surface area contributed by atoms with E-state index in [1.807, 2.05) is 0 Å². The molecule has 0 bridgehead atoms. The van der Waals surface area contributed by atoms with E-state index < -0.39 is 5.97 Å². The highest BCUT2D eigenvalue weighted by Crippen LogP contribution is 2.51. The number of aliphatic carboxylic acids is 1. The Labute approximate surface area is 122 Å². The van der Waals surface area contributed by atoms with Crippen molar-refractivity contribution in [2.24, 2.45) is 23.7 Å². The summed E-state index contributed by atoms with van der Waals surface area (Å²) in [6, 6.07) is 0.190. The molecule has 21 heavy (non-hydrogen) atoms. The molecule has 3 fully saturated rings. The van der Waals surface area contributed by atoms with E-state index in [4.69, 9.17) is 5.11 Å². The summed E-state index contributed by atoms with van der Waals surface area (Å²) in [6.07, 6.45) is 6.76. The normalized spacial score (nSPS) is 40.2. The Morgan fingerprint density at radius 3 is 2.86 bits per heavy atom. The molecule has 3 aliphatic carbocycles. The third-order valence-electron chi connectivity index (χ3n) is 5.55. The lowest BCUT2D eigenvalue weighted by molar-refractivity contribution is -0.141. The van der Waals surface area contributed by atoms with E-state index in [1.165, 1.54) is 0 Å². The summed E-state index contributed by atoms with van der Waals surface area (Å²) in [7, 11) is 0. The predicted octanol–water partition coefficient (Wildman–Crippen LogP) is 1.13. The van der Waals surface area contributed by atoms with Gasteiger partial charge in [-0.1, -0.05) is 0 Å². The fourth-order valence-corrected chi connectivity index (χ4v) is 4.18. The molecule has 112 valence electrons. The van der Waals surface area contributed by atoms with Gasteiger partial charge < -0.3 is 15.4 Å². The highest BCUT2D eigenvalue weighted by Gasteiger charge is 2.52. The number of fused-ring (bicyclic) bond motifs is 1. The molecule has 0 aromatic carbocycles. The quantitative estimate of drug-likeness (QED) is 0.774. The summed E-state index contributed by atoms with van der Waals surface area (Å²) in [5.74, 6) is 0.437. The van der Waals surface area contributed by atoms with Crippen LogP contribution in [0.1, 0.15) is 37.3 Å². The van der Waals surface area contributed by atoms with Gasteiger partial charge in [-0.3, -0.25) is 9.59 Å². The first-order valence-electron chi connectivity index (χ1n) is 7.65. The van der Waals surface area contributed by atoms with Crippen molar-refractivity contribution >= 4 is 11.9 Å². The lowest BCUT2D eigenvalue weighted by Gasteiger charge is -2.40. The van der Waals surface area contributed by atoms with Crippen LogP contribution in [0.2, 0.25) is 0 Å². The molecule has 1 heterocycles. The van der Waals surface area contributed by atoms with Crippen LogP contribution < -0.4 is 5.32 Å². The highest BCUT2D eigenvalue weighted by molar-refractivity contribution is 5.83. The molecule has 6 atom stereocenters. The van der Waals surface area contributed by atoms with E-state index in [0.717, 1.165) is 31.4 Å². The third kappa shape index (κ3) is 2.13. The first-order valence-corrected chi connectivity index (χ1v) is 7.65. The second-order valence-electron chi connectivity index (χ2n) is 6.74. The lowest BCUT2D eigenvalue weighted by Crippen LogP contribution is -2.50. The Morgan fingerprint density at radius 1 is 1.29 bits per heavy atom. The number of carboxylic acid groups (broad SMARTS) is 1. The van der Waals surface area contributed by atoms with Gasteiger partial charge >= 0.3 is 5.97 Å². The smallest absolute Gasteiger partial charge is 0.306 e. The van der Waals surface area contributed by atoms with Crippen molar-refractivity contribution in [1.29, 1.82) is 0 Å². The number of aromatic nitrogens is 2. The Balaban J connectivity index is 1.30. The van der Waals surface area contributed by atoms with Crippen LogP contribution in [0.5, 0.6) is 0 Å². The maximum atomic E-state index is 12.3. The van der Waals surface area contributed by atoms with Crippen molar-refractivity contribution in [3.63, 3.8) is 0 Å². The maximum absolute atomic E-state index is 12.3. The van der Waals surface area contributed by atoms with Gasteiger partial charge in [-0.15, -0.1) is 0 Å². The van der Waals surface area contributed by atoms with E-state index in [9.17, 15) is 9.59 Å². The Kier molecular flexibility index (Phi) is 2.80. The van der Waals surface area contributed by atoms with Crippen LogP contribution in [-0.2, 0) is 9.59 Å². The molecule has 0 radical (unpaired) electrons. The molecular weight excluding hydrogens is 270 g/mol. The van der Waals surface area contributed by atoms with E-state index in [2.05, 4.69) is 15.3 Å². The number of imidazole rings is 1. The number of rotatable bonds is 4. The van der Waals surface area contributed by atoms with Crippen LogP contribution >= 0.6 is 0 Å². The number of hydrogen-bond acceptors (Lipinski definition) is 3. The van der Waals surface area contributed by atoms with E-state index >= 15 is 0 Å². The van der Waals surface area contributed by atoms with Crippen molar-refractivity contribution < 1.29 is 14.7 Å². The first-order chi connectivity index (χ1) is 10.1. The molecule has 0 saturated heterocycles. The largest absolute Gasteiger partial charge is 0.481 e. The first kappa shape index (κ1) is 12.9. The van der Waals surface area contributed by atoms with Gasteiger partial charge in [0.15, 0.2) is 0 Å². The monoisotopic (exact) mass is 289 g/mol. The van der Waals surface area contributed by atoms with Crippen LogP contribution in [0, 0.1) is 23.7 Å². The number of hydrogen-bond donors (Lipinski definition) is 3. The Hall–Kier alpha value is -1.85. The Bertz CT molecular complexity index is 571. The molecule has 4 rings (SSSR count). The number of amides is 1. The number of nitrogens with one attached hydrogen (secondary N) is 2. The standard InChI is InChI=1S/C15H19N3O3/c19-14(11-4-10(11)13-5-16-6-17-13)18-12-3-7-1-8(15(20)21)2-9(7)12/h5-12H,1-4H2,(H,16,17)(H,18,19)(H,20,21)/t7-,8+,9-,10+,11+,12-/m0/s1. The van der Waals surface area contributed by atoms with Crippen molar-refractivity contribution in [2.45, 2.75) is 37.6 Å². The zero-order chi connectivity index (χ0) is 14.6. The van der Waals surface area contributed by atoms with E-state index in [0.29, 0.717) is 11.8 Å². The fraction of sp³-hybridized carbons (Fsp3) is 0.667. The summed E-state index contributed by atoms with van der Waals surface area (Å²) in [5, 5.41) is 12.2. The zero-order valence-electron chi connectivity index (χ0n) is 11.7. The van der Waals surface area contributed by atoms with Crippen LogP contribution in [0.4, 0.5) is 0 Å². The van der Waals surface area contributed by atoms with Crippen LogP contribution in [0.3, 0.4) is 0 Å². The minimum Gasteiger partial charge on any atom is -0.481 e. The van der Waals surface area contributed by atoms with Gasteiger partial charge in [-0.25, -0.2) is 4.98 Å². The molecule has 3 N–H and O–H groups in total. The summed E-state index contributed by atoms with van der Waals surface area (Å²) >= 11 is 0. The lowest BCUT2D eigenvalue weighted by atomic mass is 9.71. The zero-order valence-corrected chi connectivity index (χ0v) is 11.7. The molecule has 3 saturated carbocycles. The van der Waals surface area contributed by atoms with E-state index in [-0.39, 0.29) is 29.7 Å². The topological polar surface area (TPSA) is 95.1 Å². The molecule has 6 nitrogen and oxygen atoms in total. The van der Waals surface area contributed by atoms with Gasteiger partial charge in [0.25, 0.3) is 0 Å². The molecule has 1 amide bonds. The van der Waals surface area contributed by atoms with Gasteiger partial charge in [0, 0.05) is 29.8 Å². The predicted molar refractivity (Wildman–Crippen MR) is 73.3 cm³/mol.